The summed E-state index contributed by atoms with van der Waals surface area (Å²) in [4.78, 5) is 6.11. The Labute approximate surface area is 165 Å². The second-order valence-corrected chi connectivity index (χ2v) is 7.96. The van der Waals surface area contributed by atoms with E-state index in [1.54, 1.807) is 16.9 Å². The number of aliphatic imine (C=N–C) groups is 1. The molecule has 0 aromatic carbocycles. The van der Waals surface area contributed by atoms with E-state index in [0.29, 0.717) is 6.54 Å². The van der Waals surface area contributed by atoms with Crippen molar-refractivity contribution in [3.05, 3.63) is 45.7 Å². The highest BCUT2D eigenvalue weighted by Gasteiger charge is 2.07. The first-order valence-electron chi connectivity index (χ1n) is 9.79. The molecule has 2 aromatic rings. The molecule has 0 amide bonds. The molecule has 1 aliphatic rings. The van der Waals surface area contributed by atoms with Crippen LogP contribution in [0.1, 0.15) is 48.6 Å². The number of nitrogens with one attached hydrogen (secondary N) is 2. The van der Waals surface area contributed by atoms with Crippen molar-refractivity contribution in [1.82, 2.24) is 25.4 Å². The lowest BCUT2D eigenvalue weighted by atomic mass is 9.97. The average Bonchev–Trinajstić information content (AvgIpc) is 3.31. The zero-order valence-corrected chi connectivity index (χ0v) is 17.2. The Balaban J connectivity index is 1.53. The Morgan fingerprint density at radius 3 is 2.74 bits per heavy atom. The molecule has 2 aromatic heterocycles. The van der Waals surface area contributed by atoms with E-state index >= 15 is 0 Å². The summed E-state index contributed by atoms with van der Waals surface area (Å²) in [5, 5.41) is 17.4. The topological polar surface area (TPSA) is 67.1 Å². The van der Waals surface area contributed by atoms with Crippen LogP contribution in [0.5, 0.6) is 0 Å². The van der Waals surface area contributed by atoms with E-state index in [4.69, 9.17) is 4.99 Å². The molecule has 2 heterocycles. The zero-order chi connectivity index (χ0) is 18.9. The van der Waals surface area contributed by atoms with Crippen molar-refractivity contribution in [2.24, 2.45) is 12.0 Å². The van der Waals surface area contributed by atoms with Gasteiger partial charge in [-0.2, -0.15) is 0 Å². The quantitative estimate of drug-likeness (QED) is 0.415. The van der Waals surface area contributed by atoms with Gasteiger partial charge in [0.2, 0.25) is 0 Å². The van der Waals surface area contributed by atoms with Gasteiger partial charge in [-0.05, 0) is 56.9 Å². The van der Waals surface area contributed by atoms with Crippen LogP contribution in [0.4, 0.5) is 0 Å². The lowest BCUT2D eigenvalue weighted by molar-refractivity contribution is 0.664. The molecule has 0 spiro atoms. The summed E-state index contributed by atoms with van der Waals surface area (Å²) in [7, 11) is 1.98. The normalized spacial score (nSPS) is 14.9. The number of aryl methyl sites for hydroxylation is 1. The average molecular weight is 387 g/mol. The Kier molecular flexibility index (Phi) is 7.45. The van der Waals surface area contributed by atoms with E-state index in [1.807, 2.05) is 18.5 Å². The maximum atomic E-state index is 4.72. The van der Waals surface area contributed by atoms with Crippen LogP contribution in [0.15, 0.2) is 34.2 Å². The third-order valence-electron chi connectivity index (χ3n) is 4.93. The molecule has 27 heavy (non-hydrogen) atoms. The van der Waals surface area contributed by atoms with Gasteiger partial charge in [0.05, 0.1) is 0 Å². The van der Waals surface area contributed by atoms with Gasteiger partial charge in [0.1, 0.15) is 12.4 Å². The summed E-state index contributed by atoms with van der Waals surface area (Å²) < 4.78 is 1.99. The predicted molar refractivity (Wildman–Crippen MR) is 112 cm³/mol. The van der Waals surface area contributed by atoms with E-state index in [1.165, 1.54) is 30.6 Å². The van der Waals surface area contributed by atoms with Crippen molar-refractivity contribution < 1.29 is 0 Å². The molecule has 2 N–H and O–H groups in total. The molecule has 0 fully saturated rings. The first-order chi connectivity index (χ1) is 13.2. The van der Waals surface area contributed by atoms with Crippen molar-refractivity contribution in [2.75, 3.05) is 13.1 Å². The molecule has 0 radical (unpaired) electrons. The molecular weight excluding hydrogens is 356 g/mol. The van der Waals surface area contributed by atoms with Crippen LogP contribution in [0.3, 0.4) is 0 Å². The van der Waals surface area contributed by atoms with Crippen molar-refractivity contribution in [3.8, 4) is 0 Å². The third kappa shape index (κ3) is 6.20. The molecule has 3 rings (SSSR count). The highest BCUT2D eigenvalue weighted by molar-refractivity contribution is 7.09. The van der Waals surface area contributed by atoms with Gasteiger partial charge < -0.3 is 15.2 Å². The van der Waals surface area contributed by atoms with Crippen molar-refractivity contribution in [2.45, 2.75) is 52.0 Å². The maximum Gasteiger partial charge on any atom is 0.191 e. The number of guanidine groups is 1. The smallest absolute Gasteiger partial charge is 0.191 e. The number of allylic oxidation sites excluding steroid dienone is 1. The van der Waals surface area contributed by atoms with Gasteiger partial charge >= 0.3 is 0 Å². The molecule has 1 aliphatic carbocycles. The second kappa shape index (κ2) is 10.3. The fraction of sp³-hybridized carbons (Fsp3) is 0.550. The number of hydrogen-bond donors (Lipinski definition) is 2. The van der Waals surface area contributed by atoms with E-state index in [-0.39, 0.29) is 0 Å². The minimum Gasteiger partial charge on any atom is -0.356 e. The van der Waals surface area contributed by atoms with Gasteiger partial charge in [-0.15, -0.1) is 21.5 Å². The lowest BCUT2D eigenvalue weighted by Crippen LogP contribution is -2.39. The Morgan fingerprint density at radius 2 is 2.07 bits per heavy atom. The number of rotatable bonds is 8. The molecule has 0 bridgehead atoms. The van der Waals surface area contributed by atoms with Crippen molar-refractivity contribution in [1.29, 1.82) is 0 Å². The standard InChI is InChI=1S/C20H30N6S/c1-16-24-25-19(26(16)2)15-23-20(22-13-11-18-9-6-14-27-18)21-12-10-17-7-4-3-5-8-17/h6-7,9,14H,3-5,8,10-13,15H2,1-2H3,(H2,21,22,23). The van der Waals surface area contributed by atoms with Crippen molar-refractivity contribution >= 4 is 17.3 Å². The highest BCUT2D eigenvalue weighted by Crippen LogP contribution is 2.19. The first kappa shape index (κ1) is 19.6. The van der Waals surface area contributed by atoms with Gasteiger partial charge in [0.25, 0.3) is 0 Å². The van der Waals surface area contributed by atoms with Gasteiger partial charge in [0.15, 0.2) is 11.8 Å². The summed E-state index contributed by atoms with van der Waals surface area (Å²) in [6, 6.07) is 4.27. The minimum absolute atomic E-state index is 0.522. The first-order valence-corrected chi connectivity index (χ1v) is 10.7. The van der Waals surface area contributed by atoms with Crippen LogP contribution in [0, 0.1) is 6.92 Å². The predicted octanol–water partition coefficient (Wildman–Crippen LogP) is 3.35. The van der Waals surface area contributed by atoms with E-state index in [9.17, 15) is 0 Å². The summed E-state index contributed by atoms with van der Waals surface area (Å²) >= 11 is 1.80. The SMILES string of the molecule is Cc1nnc(CN=C(NCCC2=CCCCC2)NCCc2cccs2)n1C. The summed E-state index contributed by atoms with van der Waals surface area (Å²) in [5.74, 6) is 2.63. The van der Waals surface area contributed by atoms with Crippen LogP contribution < -0.4 is 10.6 Å². The molecule has 0 unspecified atom stereocenters. The number of hydrogen-bond acceptors (Lipinski definition) is 4. The second-order valence-electron chi connectivity index (χ2n) is 6.93. The molecule has 0 aliphatic heterocycles. The van der Waals surface area contributed by atoms with E-state index < -0.39 is 0 Å². The van der Waals surface area contributed by atoms with Gasteiger partial charge in [0, 0.05) is 25.0 Å². The lowest BCUT2D eigenvalue weighted by Gasteiger charge is -2.15. The largest absolute Gasteiger partial charge is 0.356 e. The third-order valence-corrected chi connectivity index (χ3v) is 5.87. The van der Waals surface area contributed by atoms with Crippen LogP contribution in [0.2, 0.25) is 0 Å². The fourth-order valence-electron chi connectivity index (χ4n) is 3.14. The van der Waals surface area contributed by atoms with Crippen LogP contribution >= 0.6 is 11.3 Å². The maximum absolute atomic E-state index is 4.72. The molecule has 0 atom stereocenters. The molecule has 6 nitrogen and oxygen atoms in total. The molecule has 146 valence electrons. The fourth-order valence-corrected chi connectivity index (χ4v) is 3.85. The Bertz CT molecular complexity index is 760. The summed E-state index contributed by atoms with van der Waals surface area (Å²) in [6.45, 7) is 4.26. The molecule has 7 heteroatoms. The summed E-state index contributed by atoms with van der Waals surface area (Å²) in [6.07, 6.45) is 9.66. The Morgan fingerprint density at radius 1 is 1.22 bits per heavy atom. The molecule has 0 saturated carbocycles. The molecular formula is C20H30N6S. The zero-order valence-electron chi connectivity index (χ0n) is 16.4. The van der Waals surface area contributed by atoms with Gasteiger partial charge in [-0.25, -0.2) is 4.99 Å². The van der Waals surface area contributed by atoms with Crippen molar-refractivity contribution in [3.63, 3.8) is 0 Å². The summed E-state index contributed by atoms with van der Waals surface area (Å²) in [5.41, 5.74) is 1.58. The minimum atomic E-state index is 0.522. The monoisotopic (exact) mass is 386 g/mol. The van der Waals surface area contributed by atoms with Crippen LogP contribution in [0.25, 0.3) is 0 Å². The Hall–Kier alpha value is -2.15. The van der Waals surface area contributed by atoms with Gasteiger partial charge in [-0.3, -0.25) is 0 Å². The number of nitrogens with zero attached hydrogens (tertiary/aromatic N) is 4. The van der Waals surface area contributed by atoms with Crippen LogP contribution in [-0.4, -0.2) is 33.8 Å². The number of aromatic nitrogens is 3. The highest BCUT2D eigenvalue weighted by atomic mass is 32.1. The molecule has 0 saturated heterocycles. The van der Waals surface area contributed by atoms with E-state index in [0.717, 1.165) is 43.5 Å². The number of thiophene rings is 1. The van der Waals surface area contributed by atoms with E-state index in [2.05, 4.69) is 44.4 Å². The van der Waals surface area contributed by atoms with Crippen LogP contribution in [-0.2, 0) is 20.0 Å². The van der Waals surface area contributed by atoms with Gasteiger partial charge in [-0.1, -0.05) is 17.7 Å².